The molecule has 1 aliphatic heterocycles. The van der Waals surface area contributed by atoms with E-state index < -0.39 is 12.1 Å². The van der Waals surface area contributed by atoms with Gasteiger partial charge in [0.25, 0.3) is 0 Å². The molecule has 4 rings (SSSR count). The summed E-state index contributed by atoms with van der Waals surface area (Å²) in [5, 5.41) is 18.3. The van der Waals surface area contributed by atoms with Crippen molar-refractivity contribution in [2.45, 2.75) is 25.0 Å². The molecule has 0 bridgehead atoms. The van der Waals surface area contributed by atoms with E-state index in [0.29, 0.717) is 29.8 Å². The van der Waals surface area contributed by atoms with Gasteiger partial charge in [0, 0.05) is 13.0 Å². The first kappa shape index (κ1) is 21.1. The van der Waals surface area contributed by atoms with Gasteiger partial charge in [-0.05, 0) is 66.1 Å². The second-order valence-corrected chi connectivity index (χ2v) is 7.60. The van der Waals surface area contributed by atoms with Crippen LogP contribution in [-0.4, -0.2) is 17.4 Å². The molecule has 0 N–H and O–H groups in total. The number of carbonyl (C=O) groups excluding carboxylic acids is 1. The van der Waals surface area contributed by atoms with Crippen LogP contribution >= 0.6 is 0 Å². The molecule has 1 aliphatic rings. The topological polar surface area (TPSA) is 77.1 Å². The van der Waals surface area contributed by atoms with E-state index in [2.05, 4.69) is 12.1 Å². The Morgan fingerprint density at radius 1 is 0.844 bits per heavy atom. The Labute approximate surface area is 185 Å². The summed E-state index contributed by atoms with van der Waals surface area (Å²) in [5.41, 5.74) is 2.56. The number of hydrogen-bond donors (Lipinski definition) is 0. The van der Waals surface area contributed by atoms with Gasteiger partial charge < -0.3 is 9.64 Å². The molecule has 0 saturated carbocycles. The summed E-state index contributed by atoms with van der Waals surface area (Å²) < 4.78 is 20.1. The molecule has 158 valence electrons. The van der Waals surface area contributed by atoms with E-state index in [1.54, 1.807) is 53.4 Å². The van der Waals surface area contributed by atoms with Gasteiger partial charge in [0.1, 0.15) is 17.7 Å². The quantitative estimate of drug-likeness (QED) is 0.554. The summed E-state index contributed by atoms with van der Waals surface area (Å²) in [5.74, 6) is 0.196. The minimum atomic E-state index is -0.608. The van der Waals surface area contributed by atoms with Crippen LogP contribution in [0.4, 0.5) is 4.39 Å². The fourth-order valence-electron chi connectivity index (χ4n) is 3.96. The zero-order chi connectivity index (χ0) is 22.5. The van der Waals surface area contributed by atoms with E-state index >= 15 is 0 Å². The number of carbonyl (C=O) groups is 1. The number of nitrogens with zero attached hydrogens (tertiary/aromatic N) is 3. The van der Waals surface area contributed by atoms with Crippen LogP contribution in [0.1, 0.15) is 47.2 Å². The highest BCUT2D eigenvalue weighted by Crippen LogP contribution is 2.40. The molecule has 1 amide bonds. The molecule has 0 radical (unpaired) electrons. The molecular formula is C26H20FN3O2. The number of amides is 1. The molecule has 2 atom stereocenters. The van der Waals surface area contributed by atoms with Crippen LogP contribution in [0.5, 0.6) is 5.75 Å². The van der Waals surface area contributed by atoms with Crippen molar-refractivity contribution in [2.75, 3.05) is 6.54 Å². The molecular weight excluding hydrogens is 405 g/mol. The molecule has 3 aromatic rings. The van der Waals surface area contributed by atoms with Crippen molar-refractivity contribution in [3.8, 4) is 17.9 Å². The van der Waals surface area contributed by atoms with Crippen molar-refractivity contribution in [3.63, 3.8) is 0 Å². The standard InChI is InChI=1S/C26H20FN3O2/c27-22-11-9-20(10-12-22)25(30-15-1-2-24(30)31)26(21-7-3-18(16-28)4-8-21)32-23-13-5-19(17-29)6-14-23/h3-14,25-26H,1-2,15H2. The van der Waals surface area contributed by atoms with Gasteiger partial charge in [-0.3, -0.25) is 4.79 Å². The lowest BCUT2D eigenvalue weighted by molar-refractivity contribution is -0.131. The van der Waals surface area contributed by atoms with Crippen molar-refractivity contribution < 1.29 is 13.9 Å². The summed E-state index contributed by atoms with van der Waals surface area (Å²) in [6, 6.07) is 23.6. The highest BCUT2D eigenvalue weighted by molar-refractivity contribution is 5.78. The Balaban J connectivity index is 1.80. The van der Waals surface area contributed by atoms with E-state index in [1.165, 1.54) is 12.1 Å². The maximum atomic E-state index is 13.7. The minimum absolute atomic E-state index is 0.0152. The minimum Gasteiger partial charge on any atom is -0.483 e. The van der Waals surface area contributed by atoms with E-state index in [1.807, 2.05) is 12.1 Å². The highest BCUT2D eigenvalue weighted by atomic mass is 19.1. The van der Waals surface area contributed by atoms with Gasteiger partial charge in [-0.15, -0.1) is 0 Å². The number of benzene rings is 3. The molecule has 0 aliphatic carbocycles. The van der Waals surface area contributed by atoms with Crippen molar-refractivity contribution in [2.24, 2.45) is 0 Å². The van der Waals surface area contributed by atoms with Crippen LogP contribution < -0.4 is 4.74 Å². The molecule has 0 spiro atoms. The van der Waals surface area contributed by atoms with Gasteiger partial charge in [-0.2, -0.15) is 10.5 Å². The van der Waals surface area contributed by atoms with Gasteiger partial charge in [-0.25, -0.2) is 4.39 Å². The van der Waals surface area contributed by atoms with Gasteiger partial charge in [-0.1, -0.05) is 24.3 Å². The number of hydrogen-bond acceptors (Lipinski definition) is 4. The summed E-state index contributed by atoms with van der Waals surface area (Å²) >= 11 is 0. The molecule has 6 heteroatoms. The summed E-state index contributed by atoms with van der Waals surface area (Å²) in [4.78, 5) is 14.5. The Morgan fingerprint density at radius 2 is 1.41 bits per heavy atom. The van der Waals surface area contributed by atoms with Crippen LogP contribution in [0.2, 0.25) is 0 Å². The second kappa shape index (κ2) is 9.32. The van der Waals surface area contributed by atoms with Crippen molar-refractivity contribution in [3.05, 3.63) is 101 Å². The lowest BCUT2D eigenvalue weighted by Gasteiger charge is -2.35. The fraction of sp³-hybridized carbons (Fsp3) is 0.192. The van der Waals surface area contributed by atoms with E-state index in [-0.39, 0.29) is 11.7 Å². The maximum absolute atomic E-state index is 13.7. The normalized spacial score (nSPS) is 15.0. The zero-order valence-electron chi connectivity index (χ0n) is 17.2. The smallest absolute Gasteiger partial charge is 0.223 e. The average Bonchev–Trinajstić information content (AvgIpc) is 3.25. The Bertz CT molecular complexity index is 1180. The first-order valence-electron chi connectivity index (χ1n) is 10.3. The molecule has 0 aromatic heterocycles. The second-order valence-electron chi connectivity index (χ2n) is 7.60. The van der Waals surface area contributed by atoms with Crippen LogP contribution in [0.3, 0.4) is 0 Å². The van der Waals surface area contributed by atoms with Crippen molar-refractivity contribution in [1.82, 2.24) is 4.90 Å². The van der Waals surface area contributed by atoms with Crippen LogP contribution in [0, 0.1) is 28.5 Å². The van der Waals surface area contributed by atoms with E-state index in [0.717, 1.165) is 17.5 Å². The predicted octanol–water partition coefficient (Wildman–Crippen LogP) is 5.05. The van der Waals surface area contributed by atoms with E-state index in [9.17, 15) is 14.4 Å². The number of likely N-dealkylation sites (tertiary alicyclic amines) is 1. The Kier molecular flexibility index (Phi) is 6.14. The summed E-state index contributed by atoms with van der Waals surface area (Å²) in [7, 11) is 0. The van der Waals surface area contributed by atoms with Crippen molar-refractivity contribution >= 4 is 5.91 Å². The third-order valence-electron chi connectivity index (χ3n) is 5.56. The van der Waals surface area contributed by atoms with Gasteiger partial charge in [0.2, 0.25) is 5.91 Å². The summed E-state index contributed by atoms with van der Waals surface area (Å²) in [6.07, 6.45) is 0.588. The first-order chi connectivity index (χ1) is 15.6. The van der Waals surface area contributed by atoms with Gasteiger partial charge in [0.05, 0.1) is 29.3 Å². The largest absolute Gasteiger partial charge is 0.483 e. The molecule has 1 heterocycles. The number of ether oxygens (including phenoxy) is 1. The first-order valence-corrected chi connectivity index (χ1v) is 10.3. The number of rotatable bonds is 6. The number of nitriles is 2. The summed E-state index contributed by atoms with van der Waals surface area (Å²) in [6.45, 7) is 0.574. The molecule has 1 fully saturated rings. The van der Waals surface area contributed by atoms with Crippen LogP contribution in [-0.2, 0) is 4.79 Å². The Morgan fingerprint density at radius 3 is 1.94 bits per heavy atom. The SMILES string of the molecule is N#Cc1ccc(OC(c2ccc(C#N)cc2)C(c2ccc(F)cc2)N2CCCC2=O)cc1. The average molecular weight is 425 g/mol. The molecule has 3 aromatic carbocycles. The predicted molar refractivity (Wildman–Crippen MR) is 116 cm³/mol. The van der Waals surface area contributed by atoms with Crippen molar-refractivity contribution in [1.29, 1.82) is 10.5 Å². The zero-order valence-corrected chi connectivity index (χ0v) is 17.2. The molecule has 2 unspecified atom stereocenters. The van der Waals surface area contributed by atoms with Gasteiger partial charge >= 0.3 is 0 Å². The maximum Gasteiger partial charge on any atom is 0.223 e. The monoisotopic (exact) mass is 425 g/mol. The lowest BCUT2D eigenvalue weighted by atomic mass is 9.93. The lowest BCUT2D eigenvalue weighted by Crippen LogP contribution is -2.36. The third-order valence-corrected chi connectivity index (χ3v) is 5.56. The molecule has 1 saturated heterocycles. The van der Waals surface area contributed by atoms with Crippen LogP contribution in [0.15, 0.2) is 72.8 Å². The van der Waals surface area contributed by atoms with Gasteiger partial charge in [0.15, 0.2) is 0 Å². The fourth-order valence-corrected chi connectivity index (χ4v) is 3.96. The molecule has 5 nitrogen and oxygen atoms in total. The molecule has 32 heavy (non-hydrogen) atoms. The van der Waals surface area contributed by atoms with Crippen LogP contribution in [0.25, 0.3) is 0 Å². The number of halogens is 1. The highest BCUT2D eigenvalue weighted by Gasteiger charge is 2.37. The van der Waals surface area contributed by atoms with E-state index in [4.69, 9.17) is 10.00 Å². The third kappa shape index (κ3) is 4.45. The Hall–Kier alpha value is -4.16.